The van der Waals surface area contributed by atoms with Gasteiger partial charge in [0.1, 0.15) is 0 Å². The maximum Gasteiger partial charge on any atom is 0.224 e. The van der Waals surface area contributed by atoms with Gasteiger partial charge in [0, 0.05) is 19.6 Å². The van der Waals surface area contributed by atoms with E-state index in [1.54, 1.807) is 18.2 Å². The molecule has 1 aliphatic rings. The largest absolute Gasteiger partial charge is 0.356 e. The van der Waals surface area contributed by atoms with Gasteiger partial charge >= 0.3 is 0 Å². The Kier molecular flexibility index (Phi) is 7.55. The Bertz CT molecular complexity index is 710. The number of nitrogens with zero attached hydrogens (tertiary/aromatic N) is 1. The number of rotatable bonds is 7. The van der Waals surface area contributed by atoms with Gasteiger partial charge in [0.2, 0.25) is 15.9 Å². The van der Waals surface area contributed by atoms with Gasteiger partial charge in [0.15, 0.2) is 0 Å². The monoisotopic (exact) mass is 406 g/mol. The molecule has 1 aromatic rings. The Morgan fingerprint density at radius 2 is 2.08 bits per heavy atom. The third-order valence-electron chi connectivity index (χ3n) is 4.31. The predicted octanol–water partition coefficient (Wildman–Crippen LogP) is 3.45. The minimum absolute atomic E-state index is 0.0529. The first-order valence-corrected chi connectivity index (χ1v) is 10.9. The number of sulfonamides is 1. The lowest BCUT2D eigenvalue weighted by atomic mass is 9.99. The number of unbranched alkanes of at least 4 members (excludes halogenated alkanes) is 1. The quantitative estimate of drug-likeness (QED) is 0.704. The predicted molar refractivity (Wildman–Crippen MR) is 101 cm³/mol. The molecule has 25 heavy (non-hydrogen) atoms. The van der Waals surface area contributed by atoms with Crippen LogP contribution in [-0.2, 0) is 20.6 Å². The normalized spacial score (nSPS) is 18.9. The van der Waals surface area contributed by atoms with Crippen LogP contribution in [0.2, 0.25) is 10.0 Å². The number of benzene rings is 1. The number of amides is 1. The van der Waals surface area contributed by atoms with E-state index in [9.17, 15) is 13.2 Å². The maximum absolute atomic E-state index is 12.7. The van der Waals surface area contributed by atoms with Crippen molar-refractivity contribution in [2.75, 3.05) is 19.6 Å². The Hall–Kier alpha value is -0.820. The van der Waals surface area contributed by atoms with Crippen LogP contribution in [0.3, 0.4) is 0 Å². The Morgan fingerprint density at radius 3 is 2.76 bits per heavy atom. The molecule has 0 saturated carbocycles. The first kappa shape index (κ1) is 20.5. The number of carbonyl (C=O) groups excluding carboxylic acids is 1. The van der Waals surface area contributed by atoms with Crippen LogP contribution in [0.15, 0.2) is 18.2 Å². The van der Waals surface area contributed by atoms with Crippen LogP contribution in [0.4, 0.5) is 0 Å². The van der Waals surface area contributed by atoms with Gasteiger partial charge in [0.05, 0.1) is 21.7 Å². The standard InChI is InChI=1S/C17H24Cl2N2O3S/c1-2-3-8-20-17(22)14-5-4-9-21(11-14)25(23,24)12-13-6-7-15(18)16(19)10-13/h6-7,10,14H,2-5,8-9,11-12H2,1H3,(H,20,22)/t14-/m1/s1. The summed E-state index contributed by atoms with van der Waals surface area (Å²) in [7, 11) is -3.51. The van der Waals surface area contributed by atoms with Crippen LogP contribution >= 0.6 is 23.2 Å². The fourth-order valence-electron chi connectivity index (χ4n) is 2.87. The fraction of sp³-hybridized carbons (Fsp3) is 0.588. The van der Waals surface area contributed by atoms with E-state index >= 15 is 0 Å². The van der Waals surface area contributed by atoms with E-state index in [0.29, 0.717) is 35.1 Å². The summed E-state index contributed by atoms with van der Waals surface area (Å²) < 4.78 is 26.8. The third kappa shape index (κ3) is 5.84. The third-order valence-corrected chi connectivity index (χ3v) is 6.87. The van der Waals surface area contributed by atoms with E-state index in [1.165, 1.54) is 4.31 Å². The van der Waals surface area contributed by atoms with Crippen molar-refractivity contribution in [1.82, 2.24) is 9.62 Å². The highest BCUT2D eigenvalue weighted by atomic mass is 35.5. The highest BCUT2D eigenvalue weighted by Gasteiger charge is 2.32. The van der Waals surface area contributed by atoms with Crippen molar-refractivity contribution in [3.8, 4) is 0 Å². The molecule has 1 N–H and O–H groups in total. The van der Waals surface area contributed by atoms with E-state index < -0.39 is 10.0 Å². The van der Waals surface area contributed by atoms with Crippen LogP contribution in [0, 0.1) is 5.92 Å². The van der Waals surface area contributed by atoms with Crippen LogP contribution in [-0.4, -0.2) is 38.3 Å². The summed E-state index contributed by atoms with van der Waals surface area (Å²) in [5, 5.41) is 3.62. The van der Waals surface area contributed by atoms with Crippen molar-refractivity contribution >= 4 is 39.1 Å². The zero-order chi connectivity index (χ0) is 18.4. The number of hydrogen-bond donors (Lipinski definition) is 1. The zero-order valence-corrected chi connectivity index (χ0v) is 16.6. The molecule has 5 nitrogen and oxygen atoms in total. The Morgan fingerprint density at radius 1 is 1.32 bits per heavy atom. The van der Waals surface area contributed by atoms with Gasteiger partial charge in [0.25, 0.3) is 0 Å². The lowest BCUT2D eigenvalue weighted by Gasteiger charge is -2.31. The molecule has 0 aromatic heterocycles. The molecule has 0 spiro atoms. The van der Waals surface area contributed by atoms with Gasteiger partial charge in [-0.3, -0.25) is 4.79 Å². The van der Waals surface area contributed by atoms with E-state index in [2.05, 4.69) is 12.2 Å². The topological polar surface area (TPSA) is 66.5 Å². The maximum atomic E-state index is 12.7. The van der Waals surface area contributed by atoms with Gasteiger partial charge < -0.3 is 5.32 Å². The second kappa shape index (κ2) is 9.21. The molecule has 1 saturated heterocycles. The summed E-state index contributed by atoms with van der Waals surface area (Å²) in [4.78, 5) is 12.2. The molecule has 1 heterocycles. The molecule has 1 fully saturated rings. The lowest BCUT2D eigenvalue weighted by molar-refractivity contribution is -0.126. The summed E-state index contributed by atoms with van der Waals surface area (Å²) in [6.45, 7) is 3.38. The SMILES string of the molecule is CCCCNC(=O)[C@@H]1CCCN(S(=O)(=O)Cc2ccc(Cl)c(Cl)c2)C1. The molecule has 1 aliphatic heterocycles. The Balaban J connectivity index is 2.00. The molecular formula is C17H24Cl2N2O3S. The number of piperidine rings is 1. The van der Waals surface area contributed by atoms with Crippen molar-refractivity contribution in [2.24, 2.45) is 5.92 Å². The molecule has 1 atom stereocenters. The van der Waals surface area contributed by atoms with E-state index in [-0.39, 0.29) is 24.1 Å². The first-order chi connectivity index (χ1) is 11.8. The molecule has 2 rings (SSSR count). The van der Waals surface area contributed by atoms with Crippen molar-refractivity contribution in [2.45, 2.75) is 38.4 Å². The molecule has 1 amide bonds. The summed E-state index contributed by atoms with van der Waals surface area (Å²) in [5.41, 5.74) is 0.587. The number of nitrogens with one attached hydrogen (secondary N) is 1. The summed E-state index contributed by atoms with van der Waals surface area (Å²) in [6, 6.07) is 4.82. The van der Waals surface area contributed by atoms with Crippen LogP contribution in [0.5, 0.6) is 0 Å². The number of hydrogen-bond acceptors (Lipinski definition) is 3. The average molecular weight is 407 g/mol. The molecule has 0 aliphatic carbocycles. The van der Waals surface area contributed by atoms with Crippen molar-refractivity contribution in [1.29, 1.82) is 0 Å². The highest BCUT2D eigenvalue weighted by molar-refractivity contribution is 7.88. The first-order valence-electron chi connectivity index (χ1n) is 8.53. The second-order valence-electron chi connectivity index (χ2n) is 6.35. The zero-order valence-electron chi connectivity index (χ0n) is 14.3. The lowest BCUT2D eigenvalue weighted by Crippen LogP contribution is -2.45. The molecule has 0 bridgehead atoms. The van der Waals surface area contributed by atoms with Crippen molar-refractivity contribution in [3.05, 3.63) is 33.8 Å². The van der Waals surface area contributed by atoms with Crippen LogP contribution in [0.25, 0.3) is 0 Å². The van der Waals surface area contributed by atoms with E-state index in [0.717, 1.165) is 19.3 Å². The summed E-state index contributed by atoms with van der Waals surface area (Å²) in [5.74, 6) is -0.481. The molecular weight excluding hydrogens is 383 g/mol. The number of halogens is 2. The molecule has 1 aromatic carbocycles. The van der Waals surface area contributed by atoms with Gasteiger partial charge in [-0.25, -0.2) is 12.7 Å². The molecule has 8 heteroatoms. The van der Waals surface area contributed by atoms with Gasteiger partial charge in [-0.2, -0.15) is 0 Å². The second-order valence-corrected chi connectivity index (χ2v) is 9.13. The highest BCUT2D eigenvalue weighted by Crippen LogP contribution is 2.26. The molecule has 0 radical (unpaired) electrons. The van der Waals surface area contributed by atoms with Gasteiger partial charge in [-0.15, -0.1) is 0 Å². The minimum atomic E-state index is -3.51. The molecule has 140 valence electrons. The van der Waals surface area contributed by atoms with Crippen molar-refractivity contribution < 1.29 is 13.2 Å². The minimum Gasteiger partial charge on any atom is -0.356 e. The van der Waals surface area contributed by atoms with E-state index in [4.69, 9.17) is 23.2 Å². The summed E-state index contributed by atoms with van der Waals surface area (Å²) in [6.07, 6.45) is 3.34. The number of carbonyl (C=O) groups is 1. The van der Waals surface area contributed by atoms with Gasteiger partial charge in [-0.05, 0) is 37.0 Å². The van der Waals surface area contributed by atoms with E-state index in [1.807, 2.05) is 0 Å². The van der Waals surface area contributed by atoms with Crippen molar-refractivity contribution in [3.63, 3.8) is 0 Å². The average Bonchev–Trinajstić information content (AvgIpc) is 2.58. The van der Waals surface area contributed by atoms with Gasteiger partial charge in [-0.1, -0.05) is 42.6 Å². The summed E-state index contributed by atoms with van der Waals surface area (Å²) >= 11 is 11.8. The Labute approximate surface area is 159 Å². The fourth-order valence-corrected chi connectivity index (χ4v) is 4.79. The van der Waals surface area contributed by atoms with Crippen LogP contribution < -0.4 is 5.32 Å². The smallest absolute Gasteiger partial charge is 0.224 e. The van der Waals surface area contributed by atoms with Crippen LogP contribution in [0.1, 0.15) is 38.2 Å². The molecule has 0 unspecified atom stereocenters.